The summed E-state index contributed by atoms with van der Waals surface area (Å²) in [4.78, 5) is 46.7. The number of imidazole rings is 1. The molecule has 2 saturated carbocycles. The molecule has 1 saturated heterocycles. The third-order valence-corrected chi connectivity index (χ3v) is 9.62. The molecule has 11 nitrogen and oxygen atoms in total. The second kappa shape index (κ2) is 10.8. The largest absolute Gasteiger partial charge is 0.439 e. The third kappa shape index (κ3) is 4.77. The number of aromatic amines is 1. The Hall–Kier alpha value is -3.73. The summed E-state index contributed by atoms with van der Waals surface area (Å²) in [5.74, 6) is 1.73. The number of aromatic nitrogens is 6. The van der Waals surface area contributed by atoms with Crippen molar-refractivity contribution in [2.24, 2.45) is 11.8 Å². The number of amides is 1. The highest BCUT2D eigenvalue weighted by molar-refractivity contribution is 6.30. The minimum atomic E-state index is -0.657. The topological polar surface area (TPSA) is 126 Å². The molecule has 4 aromatic rings. The summed E-state index contributed by atoms with van der Waals surface area (Å²) < 4.78 is 7.09. The van der Waals surface area contributed by atoms with Crippen LogP contribution in [0.3, 0.4) is 0 Å². The second-order valence-electron chi connectivity index (χ2n) is 12.1. The molecule has 1 amide bonds. The maximum atomic E-state index is 13.4. The van der Waals surface area contributed by atoms with Gasteiger partial charge in [-0.3, -0.25) is 19.3 Å². The van der Waals surface area contributed by atoms with Crippen molar-refractivity contribution < 1.29 is 9.32 Å². The molecule has 5 heterocycles. The highest BCUT2D eigenvalue weighted by Gasteiger charge is 2.44. The fraction of sp³-hybridized carbons (Fsp3) is 0.533. The molecule has 2 aliphatic carbocycles. The van der Waals surface area contributed by atoms with E-state index in [1.54, 1.807) is 12.4 Å². The predicted molar refractivity (Wildman–Crippen MR) is 159 cm³/mol. The Balaban J connectivity index is 1.44. The van der Waals surface area contributed by atoms with Crippen molar-refractivity contribution in [2.75, 3.05) is 18.0 Å². The first kappa shape index (κ1) is 27.1. The maximum Gasteiger partial charge on any atom is 0.439 e. The first-order chi connectivity index (χ1) is 20.4. The molecule has 12 heteroatoms. The van der Waals surface area contributed by atoms with Gasteiger partial charge in [-0.1, -0.05) is 36.5 Å². The summed E-state index contributed by atoms with van der Waals surface area (Å²) in [5, 5.41) is 4.38. The van der Waals surface area contributed by atoms with Gasteiger partial charge in [0.15, 0.2) is 0 Å². The van der Waals surface area contributed by atoms with E-state index in [0.29, 0.717) is 34.4 Å². The summed E-state index contributed by atoms with van der Waals surface area (Å²) in [6.45, 7) is 6.19. The van der Waals surface area contributed by atoms with Gasteiger partial charge in [-0.2, -0.15) is 0 Å². The summed E-state index contributed by atoms with van der Waals surface area (Å²) in [6.07, 6.45) is 11.1. The van der Waals surface area contributed by atoms with Crippen LogP contribution < -0.4 is 10.7 Å². The normalized spacial score (nSPS) is 24.5. The van der Waals surface area contributed by atoms with Crippen molar-refractivity contribution in [1.29, 1.82) is 0 Å². The Kier molecular flexibility index (Phi) is 7.00. The second-order valence-corrected chi connectivity index (χ2v) is 12.5. The molecule has 220 valence electrons. The van der Waals surface area contributed by atoms with Crippen molar-refractivity contribution in [3.05, 3.63) is 40.1 Å². The lowest BCUT2D eigenvalue weighted by molar-refractivity contribution is -0.134. The van der Waals surface area contributed by atoms with E-state index >= 15 is 0 Å². The van der Waals surface area contributed by atoms with Crippen LogP contribution in [0.5, 0.6) is 0 Å². The van der Waals surface area contributed by atoms with Crippen molar-refractivity contribution >= 4 is 34.5 Å². The highest BCUT2D eigenvalue weighted by atomic mass is 35.5. The molecule has 1 aliphatic heterocycles. The average Bonchev–Trinajstić information content (AvgIpc) is 3.72. The molecule has 0 radical (unpaired) electrons. The standard InChI is InChI=1S/C30H35ClN8O3/c1-3-37-23-5-4-6-24(23)38(16-25(37)40)29-34-21-12-22(28-35-30(41)42-36-28)33-26(19-11-20(31)14-32-13-19)27(21)39(29)15-18-9-7-17(2)8-10-18/h11-14,17-18,23-24H,3-10,15-16H2,1-2H3,(H,35,36,41)/t17-,18-,23-,24-/m1/s1. The van der Waals surface area contributed by atoms with Crippen LogP contribution in [0.2, 0.25) is 5.02 Å². The smallest absolute Gasteiger partial charge is 0.336 e. The number of nitrogens with one attached hydrogen (secondary N) is 1. The van der Waals surface area contributed by atoms with Crippen LogP contribution >= 0.6 is 11.6 Å². The number of carbonyl (C=O) groups excluding carboxylic acids is 1. The van der Waals surface area contributed by atoms with Gasteiger partial charge in [0.2, 0.25) is 17.7 Å². The number of hydrogen-bond donors (Lipinski definition) is 1. The number of H-pyrrole nitrogens is 1. The number of rotatable bonds is 6. The average molecular weight is 591 g/mol. The van der Waals surface area contributed by atoms with Crippen molar-refractivity contribution in [3.8, 4) is 22.8 Å². The Morgan fingerprint density at radius 2 is 1.86 bits per heavy atom. The number of piperazine rings is 1. The Morgan fingerprint density at radius 3 is 2.60 bits per heavy atom. The molecule has 2 atom stereocenters. The predicted octanol–water partition coefficient (Wildman–Crippen LogP) is 4.91. The molecule has 7 rings (SSSR count). The van der Waals surface area contributed by atoms with Crippen LogP contribution in [0.15, 0.2) is 33.8 Å². The number of fused-ring (bicyclic) bond motifs is 2. The summed E-state index contributed by atoms with van der Waals surface area (Å²) in [5.41, 5.74) is 3.37. The summed E-state index contributed by atoms with van der Waals surface area (Å²) in [6, 6.07) is 4.07. The minimum absolute atomic E-state index is 0.143. The van der Waals surface area contributed by atoms with Crippen LogP contribution in [-0.4, -0.2) is 65.6 Å². The fourth-order valence-corrected chi connectivity index (χ4v) is 7.50. The first-order valence-electron chi connectivity index (χ1n) is 15.0. The van der Waals surface area contributed by atoms with Gasteiger partial charge in [-0.25, -0.2) is 14.8 Å². The van der Waals surface area contributed by atoms with E-state index in [1.165, 1.54) is 12.8 Å². The van der Waals surface area contributed by atoms with Crippen molar-refractivity contribution in [1.82, 2.24) is 34.6 Å². The SMILES string of the molecule is CCN1C(=O)CN(c2nc3cc(-c4noc(=O)[nH]4)nc(-c4cncc(Cl)c4)c3n2C[C@H]2CC[C@H](C)CC2)[C@@H]2CCC[C@H]21. The van der Waals surface area contributed by atoms with E-state index in [9.17, 15) is 9.59 Å². The molecule has 42 heavy (non-hydrogen) atoms. The summed E-state index contributed by atoms with van der Waals surface area (Å²) >= 11 is 6.41. The Labute approximate surface area is 248 Å². The number of likely N-dealkylation sites (N-methyl/N-ethyl adjacent to an activating group) is 1. The van der Waals surface area contributed by atoms with E-state index < -0.39 is 5.76 Å². The monoisotopic (exact) mass is 590 g/mol. The Bertz CT molecular complexity index is 1690. The zero-order valence-electron chi connectivity index (χ0n) is 23.9. The van der Waals surface area contributed by atoms with Crippen LogP contribution in [0.1, 0.15) is 58.8 Å². The molecular weight excluding hydrogens is 556 g/mol. The number of nitrogens with zero attached hydrogens (tertiary/aromatic N) is 7. The maximum absolute atomic E-state index is 13.4. The molecule has 4 aromatic heterocycles. The van der Waals surface area contributed by atoms with Gasteiger partial charge in [-0.15, -0.1) is 0 Å². The van der Waals surface area contributed by atoms with E-state index in [0.717, 1.165) is 68.1 Å². The van der Waals surface area contributed by atoms with Gasteiger partial charge in [0.1, 0.15) is 12.2 Å². The number of anilines is 1. The van der Waals surface area contributed by atoms with Crippen molar-refractivity contribution in [2.45, 2.75) is 77.4 Å². The van der Waals surface area contributed by atoms with Crippen LogP contribution in [0, 0.1) is 11.8 Å². The number of pyridine rings is 2. The van der Waals surface area contributed by atoms with Crippen LogP contribution in [0.4, 0.5) is 5.95 Å². The molecule has 1 N–H and O–H groups in total. The molecule has 0 unspecified atom stereocenters. The van der Waals surface area contributed by atoms with Gasteiger partial charge in [0.25, 0.3) is 0 Å². The fourth-order valence-electron chi connectivity index (χ4n) is 7.33. The molecule has 0 spiro atoms. The zero-order chi connectivity index (χ0) is 29.0. The van der Waals surface area contributed by atoms with E-state index in [-0.39, 0.29) is 23.8 Å². The molecule has 0 bridgehead atoms. The molecule has 3 fully saturated rings. The van der Waals surface area contributed by atoms with Crippen LogP contribution in [-0.2, 0) is 11.3 Å². The molecule has 0 aromatic carbocycles. The molecular formula is C30H35ClN8O3. The summed E-state index contributed by atoms with van der Waals surface area (Å²) in [7, 11) is 0. The Morgan fingerprint density at radius 1 is 1.05 bits per heavy atom. The first-order valence-corrected chi connectivity index (χ1v) is 15.4. The lowest BCUT2D eigenvalue weighted by Gasteiger charge is -2.44. The van der Waals surface area contributed by atoms with E-state index in [1.807, 2.05) is 17.0 Å². The number of hydrogen-bond acceptors (Lipinski definition) is 8. The van der Waals surface area contributed by atoms with E-state index in [2.05, 4.69) is 38.4 Å². The minimum Gasteiger partial charge on any atom is -0.336 e. The molecule has 3 aliphatic rings. The van der Waals surface area contributed by atoms with Gasteiger partial charge in [-0.05, 0) is 63.0 Å². The highest BCUT2D eigenvalue weighted by Crippen LogP contribution is 2.40. The lowest BCUT2D eigenvalue weighted by Crippen LogP contribution is -2.60. The van der Waals surface area contributed by atoms with Gasteiger partial charge in [0, 0.05) is 31.0 Å². The quantitative estimate of drug-likeness (QED) is 0.336. The lowest BCUT2D eigenvalue weighted by atomic mass is 9.83. The van der Waals surface area contributed by atoms with Gasteiger partial charge in [0.05, 0.1) is 33.8 Å². The van der Waals surface area contributed by atoms with Crippen LogP contribution in [0.25, 0.3) is 33.8 Å². The van der Waals surface area contributed by atoms with Crippen molar-refractivity contribution in [3.63, 3.8) is 0 Å². The third-order valence-electron chi connectivity index (χ3n) is 9.41. The number of carbonyl (C=O) groups is 1. The van der Waals surface area contributed by atoms with Gasteiger partial charge < -0.3 is 14.4 Å². The van der Waals surface area contributed by atoms with E-state index in [4.69, 9.17) is 26.1 Å². The zero-order valence-corrected chi connectivity index (χ0v) is 24.7. The van der Waals surface area contributed by atoms with Gasteiger partial charge >= 0.3 is 5.76 Å². The number of halogens is 1.